The number of hydrogen-bond donors (Lipinski definition) is 0. The first-order valence-electron chi connectivity index (χ1n) is 10.1. The molecule has 0 bridgehead atoms. The first kappa shape index (κ1) is 21.2. The van der Waals surface area contributed by atoms with Crippen LogP contribution >= 0.6 is 0 Å². The van der Waals surface area contributed by atoms with Crippen molar-refractivity contribution in [2.24, 2.45) is 0 Å². The standard InChI is InChI=1S/C21H31N3O5/c1-21(2,3)29-20(26)24-13-14-27-18(15-24)16-28-19(25)23-11-9-22(10-12-23)17-7-5-4-6-8-17/h4-8,18H,9-16H2,1-3H3/t18-/m0/s1. The minimum atomic E-state index is -0.542. The molecular weight excluding hydrogens is 374 g/mol. The van der Waals surface area contributed by atoms with E-state index in [0.717, 1.165) is 13.1 Å². The van der Waals surface area contributed by atoms with Gasteiger partial charge in [-0.05, 0) is 32.9 Å². The molecule has 2 fully saturated rings. The molecule has 0 saturated carbocycles. The van der Waals surface area contributed by atoms with E-state index in [2.05, 4.69) is 17.0 Å². The minimum absolute atomic E-state index is 0.122. The summed E-state index contributed by atoms with van der Waals surface area (Å²) < 4.78 is 16.5. The zero-order valence-corrected chi connectivity index (χ0v) is 17.5. The van der Waals surface area contributed by atoms with E-state index in [4.69, 9.17) is 14.2 Å². The van der Waals surface area contributed by atoms with Gasteiger partial charge in [-0.15, -0.1) is 0 Å². The molecule has 1 aromatic rings. The molecule has 8 nitrogen and oxygen atoms in total. The lowest BCUT2D eigenvalue weighted by Crippen LogP contribution is -2.51. The number of carbonyl (C=O) groups is 2. The van der Waals surface area contributed by atoms with Crippen molar-refractivity contribution in [2.75, 3.05) is 57.4 Å². The van der Waals surface area contributed by atoms with Gasteiger partial charge in [0.25, 0.3) is 0 Å². The van der Waals surface area contributed by atoms with Crippen molar-refractivity contribution >= 4 is 17.9 Å². The maximum atomic E-state index is 12.4. The van der Waals surface area contributed by atoms with Gasteiger partial charge in [0.15, 0.2) is 0 Å². The smallest absolute Gasteiger partial charge is 0.410 e. The van der Waals surface area contributed by atoms with E-state index in [1.807, 2.05) is 39.0 Å². The van der Waals surface area contributed by atoms with Crippen LogP contribution in [0.15, 0.2) is 30.3 Å². The van der Waals surface area contributed by atoms with Crippen molar-refractivity contribution in [3.8, 4) is 0 Å². The molecule has 2 aliphatic heterocycles. The van der Waals surface area contributed by atoms with Gasteiger partial charge >= 0.3 is 12.2 Å². The molecule has 29 heavy (non-hydrogen) atoms. The van der Waals surface area contributed by atoms with Gasteiger partial charge in [-0.1, -0.05) is 18.2 Å². The Kier molecular flexibility index (Phi) is 6.84. The Hall–Kier alpha value is -2.48. The molecule has 2 aliphatic rings. The fraction of sp³-hybridized carbons (Fsp3) is 0.619. The molecule has 2 saturated heterocycles. The van der Waals surface area contributed by atoms with Gasteiger partial charge in [-0.2, -0.15) is 0 Å². The number of para-hydroxylation sites is 1. The van der Waals surface area contributed by atoms with E-state index in [1.54, 1.807) is 9.80 Å². The lowest BCUT2D eigenvalue weighted by atomic mass is 10.2. The van der Waals surface area contributed by atoms with E-state index in [0.29, 0.717) is 32.8 Å². The Labute approximate surface area is 172 Å². The van der Waals surface area contributed by atoms with Crippen LogP contribution in [0, 0.1) is 0 Å². The number of carbonyl (C=O) groups excluding carboxylic acids is 2. The van der Waals surface area contributed by atoms with Crippen molar-refractivity contribution in [1.29, 1.82) is 0 Å². The van der Waals surface area contributed by atoms with E-state index < -0.39 is 5.60 Å². The summed E-state index contributed by atoms with van der Waals surface area (Å²) in [5, 5.41) is 0. The number of ether oxygens (including phenoxy) is 3. The van der Waals surface area contributed by atoms with Crippen LogP contribution in [0.25, 0.3) is 0 Å². The summed E-state index contributed by atoms with van der Waals surface area (Å²) in [5.74, 6) is 0. The maximum Gasteiger partial charge on any atom is 0.410 e. The topological polar surface area (TPSA) is 71.5 Å². The second-order valence-electron chi connectivity index (χ2n) is 8.31. The molecule has 0 N–H and O–H groups in total. The summed E-state index contributed by atoms with van der Waals surface area (Å²) >= 11 is 0. The van der Waals surface area contributed by atoms with Gasteiger partial charge in [0.1, 0.15) is 18.3 Å². The highest BCUT2D eigenvalue weighted by molar-refractivity contribution is 5.69. The van der Waals surface area contributed by atoms with Crippen molar-refractivity contribution in [3.05, 3.63) is 30.3 Å². The number of rotatable bonds is 3. The number of nitrogens with zero attached hydrogens (tertiary/aromatic N) is 3. The Bertz CT molecular complexity index is 683. The molecule has 0 aliphatic carbocycles. The monoisotopic (exact) mass is 405 g/mol. The minimum Gasteiger partial charge on any atom is -0.447 e. The first-order valence-corrected chi connectivity index (χ1v) is 10.1. The van der Waals surface area contributed by atoms with Crippen molar-refractivity contribution in [1.82, 2.24) is 9.80 Å². The molecule has 2 heterocycles. The van der Waals surface area contributed by atoms with Crippen LogP contribution in [-0.2, 0) is 14.2 Å². The Morgan fingerprint density at radius 3 is 2.34 bits per heavy atom. The third-order valence-corrected chi connectivity index (χ3v) is 4.84. The fourth-order valence-corrected chi connectivity index (χ4v) is 3.35. The molecule has 0 radical (unpaired) electrons. The average molecular weight is 405 g/mol. The summed E-state index contributed by atoms with van der Waals surface area (Å²) in [6.07, 6.45) is -1.05. The summed E-state index contributed by atoms with van der Waals surface area (Å²) in [6.45, 7) is 9.62. The van der Waals surface area contributed by atoms with Crippen LogP contribution in [-0.4, -0.2) is 86.2 Å². The molecule has 8 heteroatoms. The molecule has 0 unspecified atom stereocenters. The summed E-state index contributed by atoms with van der Waals surface area (Å²) in [6, 6.07) is 10.2. The van der Waals surface area contributed by atoms with Crippen molar-refractivity contribution in [2.45, 2.75) is 32.5 Å². The van der Waals surface area contributed by atoms with Gasteiger partial charge in [-0.25, -0.2) is 9.59 Å². The van der Waals surface area contributed by atoms with Gasteiger partial charge < -0.3 is 28.9 Å². The summed E-state index contributed by atoms with van der Waals surface area (Å²) in [7, 11) is 0. The number of morpholine rings is 1. The van der Waals surface area contributed by atoms with Gasteiger partial charge in [0, 0.05) is 38.4 Å². The first-order chi connectivity index (χ1) is 13.8. The number of hydrogen-bond acceptors (Lipinski definition) is 6. The normalized spacial score (nSPS) is 20.4. The lowest BCUT2D eigenvalue weighted by Gasteiger charge is -2.36. The van der Waals surface area contributed by atoms with E-state index in [1.165, 1.54) is 5.69 Å². The van der Waals surface area contributed by atoms with Gasteiger partial charge in [-0.3, -0.25) is 0 Å². The lowest BCUT2D eigenvalue weighted by molar-refractivity contribution is -0.0638. The molecule has 1 atom stereocenters. The molecular formula is C21H31N3O5. The SMILES string of the molecule is CC(C)(C)OC(=O)N1CCO[C@H](COC(=O)N2CCN(c3ccccc3)CC2)C1. The average Bonchev–Trinajstić information content (AvgIpc) is 2.72. The summed E-state index contributed by atoms with van der Waals surface area (Å²) in [4.78, 5) is 30.2. The molecule has 2 amide bonds. The van der Waals surface area contributed by atoms with Crippen LogP contribution in [0.4, 0.5) is 15.3 Å². The molecule has 1 aromatic carbocycles. The van der Waals surface area contributed by atoms with E-state index in [9.17, 15) is 9.59 Å². The largest absolute Gasteiger partial charge is 0.447 e. The third kappa shape index (κ3) is 6.25. The van der Waals surface area contributed by atoms with Crippen LogP contribution in [0.5, 0.6) is 0 Å². The second-order valence-corrected chi connectivity index (χ2v) is 8.31. The quantitative estimate of drug-likeness (QED) is 0.770. The zero-order valence-electron chi connectivity index (χ0n) is 17.5. The van der Waals surface area contributed by atoms with Crippen LogP contribution in [0.2, 0.25) is 0 Å². The maximum absolute atomic E-state index is 12.4. The Morgan fingerprint density at radius 1 is 1.00 bits per heavy atom. The van der Waals surface area contributed by atoms with Gasteiger partial charge in [0.2, 0.25) is 0 Å². The van der Waals surface area contributed by atoms with Gasteiger partial charge in [0.05, 0.1) is 13.2 Å². The molecule has 0 aromatic heterocycles. The fourth-order valence-electron chi connectivity index (χ4n) is 3.35. The van der Waals surface area contributed by atoms with Crippen molar-refractivity contribution in [3.63, 3.8) is 0 Å². The predicted octanol–water partition coefficient (Wildman–Crippen LogP) is 2.58. The van der Waals surface area contributed by atoms with Crippen LogP contribution in [0.3, 0.4) is 0 Å². The van der Waals surface area contributed by atoms with Crippen molar-refractivity contribution < 1.29 is 23.8 Å². The number of benzene rings is 1. The highest BCUT2D eigenvalue weighted by atomic mass is 16.6. The van der Waals surface area contributed by atoms with Crippen LogP contribution in [0.1, 0.15) is 20.8 Å². The Morgan fingerprint density at radius 2 is 1.69 bits per heavy atom. The number of amides is 2. The Balaban J connectivity index is 1.41. The highest BCUT2D eigenvalue weighted by Gasteiger charge is 2.30. The number of anilines is 1. The number of piperazine rings is 1. The van der Waals surface area contributed by atoms with E-state index >= 15 is 0 Å². The molecule has 160 valence electrons. The molecule has 3 rings (SSSR count). The second kappa shape index (κ2) is 9.35. The highest BCUT2D eigenvalue weighted by Crippen LogP contribution is 2.17. The third-order valence-electron chi connectivity index (χ3n) is 4.84. The van der Waals surface area contributed by atoms with Crippen LogP contribution < -0.4 is 4.90 Å². The van der Waals surface area contributed by atoms with E-state index in [-0.39, 0.29) is 24.9 Å². The predicted molar refractivity (Wildman–Crippen MR) is 109 cm³/mol. The molecule has 0 spiro atoms. The zero-order chi connectivity index (χ0) is 20.9. The summed E-state index contributed by atoms with van der Waals surface area (Å²) in [5.41, 5.74) is 0.623.